The lowest BCUT2D eigenvalue weighted by molar-refractivity contribution is -0.186. The van der Waals surface area contributed by atoms with Crippen LogP contribution in [0.2, 0.25) is 0 Å². The van der Waals surface area contributed by atoms with Crippen molar-refractivity contribution >= 4 is 5.97 Å². The van der Waals surface area contributed by atoms with E-state index in [0.717, 1.165) is 12.8 Å². The zero-order chi connectivity index (χ0) is 13.2. The summed E-state index contributed by atoms with van der Waals surface area (Å²) < 4.78 is 5.28. The van der Waals surface area contributed by atoms with Crippen molar-refractivity contribution in [3.8, 4) is 0 Å². The zero-order valence-corrected chi connectivity index (χ0v) is 12.2. The molecule has 106 valence electrons. The van der Waals surface area contributed by atoms with Crippen molar-refractivity contribution in [1.29, 1.82) is 0 Å². The summed E-state index contributed by atoms with van der Waals surface area (Å²) in [6.45, 7) is 4.46. The number of unbranched alkanes of at least 4 members (excludes halogenated alkanes) is 7. The third-order valence-electron chi connectivity index (χ3n) is 3.98. The zero-order valence-electron chi connectivity index (χ0n) is 12.2. The Labute approximate surface area is 112 Å². The number of rotatable bonds is 11. The summed E-state index contributed by atoms with van der Waals surface area (Å²) in [5.41, 5.74) is 0. The largest absolute Gasteiger partial charge is 0.461 e. The highest BCUT2D eigenvalue weighted by Crippen LogP contribution is 2.31. The van der Waals surface area contributed by atoms with Crippen molar-refractivity contribution in [3.63, 3.8) is 0 Å². The van der Waals surface area contributed by atoms with Crippen LogP contribution in [0.25, 0.3) is 0 Å². The number of hydrogen-bond acceptors (Lipinski definition) is 2. The minimum atomic E-state index is 0.0602. The maximum absolute atomic E-state index is 11.4. The number of carbonyl (C=O) groups is 1. The molecule has 2 atom stereocenters. The van der Waals surface area contributed by atoms with Crippen molar-refractivity contribution in [2.24, 2.45) is 5.92 Å². The van der Waals surface area contributed by atoms with Gasteiger partial charge in [0.2, 0.25) is 0 Å². The lowest BCUT2D eigenvalue weighted by Gasteiger charge is -2.35. The van der Waals surface area contributed by atoms with Crippen molar-refractivity contribution in [2.45, 2.75) is 90.6 Å². The molecule has 0 spiro atoms. The second-order valence-corrected chi connectivity index (χ2v) is 5.63. The molecule has 1 heterocycles. The Morgan fingerprint density at radius 3 is 2.00 bits per heavy atom. The van der Waals surface area contributed by atoms with E-state index in [1.54, 1.807) is 0 Å². The third kappa shape index (κ3) is 5.41. The Balaban J connectivity index is 2.04. The summed E-state index contributed by atoms with van der Waals surface area (Å²) in [5.74, 6) is 0.290. The Morgan fingerprint density at radius 2 is 1.39 bits per heavy atom. The fourth-order valence-corrected chi connectivity index (χ4v) is 2.70. The van der Waals surface area contributed by atoms with Gasteiger partial charge in [0.1, 0.15) is 6.10 Å². The number of esters is 1. The van der Waals surface area contributed by atoms with Crippen LogP contribution in [-0.4, -0.2) is 12.1 Å². The number of cyclic esters (lactones) is 1. The quantitative estimate of drug-likeness (QED) is 0.389. The van der Waals surface area contributed by atoms with E-state index in [2.05, 4.69) is 13.8 Å². The molecule has 0 radical (unpaired) electrons. The molecule has 2 nitrogen and oxygen atoms in total. The molecule has 0 aromatic carbocycles. The normalized spacial score (nSPS) is 22.7. The molecular formula is C16H30O2. The predicted molar refractivity (Wildman–Crippen MR) is 75.5 cm³/mol. The molecule has 0 saturated carbocycles. The van der Waals surface area contributed by atoms with E-state index in [1.807, 2.05) is 0 Å². The lowest BCUT2D eigenvalue weighted by atomic mass is 9.87. The molecule has 18 heavy (non-hydrogen) atoms. The molecule has 0 aromatic rings. The van der Waals surface area contributed by atoms with Crippen LogP contribution in [0.5, 0.6) is 0 Å². The van der Waals surface area contributed by atoms with Crippen molar-refractivity contribution < 1.29 is 9.53 Å². The molecule has 1 saturated heterocycles. The molecule has 0 aromatic heterocycles. The molecule has 0 amide bonds. The number of hydrogen-bond donors (Lipinski definition) is 0. The topological polar surface area (TPSA) is 26.3 Å². The summed E-state index contributed by atoms with van der Waals surface area (Å²) >= 11 is 0. The molecule has 1 aliphatic rings. The lowest BCUT2D eigenvalue weighted by Crippen LogP contribution is -2.44. The fourth-order valence-electron chi connectivity index (χ4n) is 2.70. The van der Waals surface area contributed by atoms with Crippen molar-refractivity contribution in [2.75, 3.05) is 0 Å². The summed E-state index contributed by atoms with van der Waals surface area (Å²) in [5, 5.41) is 0. The average Bonchev–Trinajstić information content (AvgIpc) is 2.37. The molecule has 2 heteroatoms. The highest BCUT2D eigenvalue weighted by Gasteiger charge is 2.40. The van der Waals surface area contributed by atoms with Gasteiger partial charge in [0, 0.05) is 0 Å². The van der Waals surface area contributed by atoms with Crippen molar-refractivity contribution in [1.82, 2.24) is 0 Å². The van der Waals surface area contributed by atoms with Crippen molar-refractivity contribution in [3.05, 3.63) is 0 Å². The van der Waals surface area contributed by atoms with Gasteiger partial charge in [0.15, 0.2) is 0 Å². The monoisotopic (exact) mass is 254 g/mol. The van der Waals surface area contributed by atoms with Crippen LogP contribution in [0.1, 0.15) is 84.5 Å². The summed E-state index contributed by atoms with van der Waals surface area (Å²) in [7, 11) is 0. The number of carbonyl (C=O) groups excluding carboxylic acids is 1. The Kier molecular flexibility index (Phi) is 8.11. The smallest absolute Gasteiger partial charge is 0.313 e. The Morgan fingerprint density at radius 1 is 0.833 bits per heavy atom. The van der Waals surface area contributed by atoms with Crippen LogP contribution < -0.4 is 0 Å². The molecule has 0 aliphatic carbocycles. The van der Waals surface area contributed by atoms with Crippen LogP contribution in [0.3, 0.4) is 0 Å². The second kappa shape index (κ2) is 9.41. The van der Waals surface area contributed by atoms with Gasteiger partial charge < -0.3 is 4.74 Å². The first-order valence-electron chi connectivity index (χ1n) is 8.00. The average molecular weight is 254 g/mol. The van der Waals surface area contributed by atoms with Crippen LogP contribution in [0.4, 0.5) is 0 Å². The van der Waals surface area contributed by atoms with Gasteiger partial charge in [-0.1, -0.05) is 65.2 Å². The van der Waals surface area contributed by atoms with Gasteiger partial charge in [0.05, 0.1) is 5.92 Å². The first-order chi connectivity index (χ1) is 8.79. The van der Waals surface area contributed by atoms with Gasteiger partial charge in [0.25, 0.3) is 0 Å². The van der Waals surface area contributed by atoms with Crippen LogP contribution in [0, 0.1) is 5.92 Å². The number of ether oxygens (including phenoxy) is 1. The first kappa shape index (κ1) is 15.5. The second-order valence-electron chi connectivity index (χ2n) is 5.63. The maximum atomic E-state index is 11.4. The van der Waals surface area contributed by atoms with Crippen LogP contribution in [0.15, 0.2) is 0 Å². The Bertz CT molecular complexity index is 225. The van der Waals surface area contributed by atoms with Crippen LogP contribution in [-0.2, 0) is 9.53 Å². The molecular weight excluding hydrogens is 224 g/mol. The van der Waals surface area contributed by atoms with Gasteiger partial charge in [-0.2, -0.15) is 0 Å². The fraction of sp³-hybridized carbons (Fsp3) is 0.938. The third-order valence-corrected chi connectivity index (χ3v) is 3.98. The van der Waals surface area contributed by atoms with E-state index in [9.17, 15) is 4.79 Å². The molecule has 0 unspecified atom stereocenters. The van der Waals surface area contributed by atoms with E-state index in [0.29, 0.717) is 0 Å². The molecule has 1 fully saturated rings. The summed E-state index contributed by atoms with van der Waals surface area (Å²) in [6, 6.07) is 0. The minimum absolute atomic E-state index is 0.0602. The van der Waals surface area contributed by atoms with E-state index in [4.69, 9.17) is 4.74 Å². The van der Waals surface area contributed by atoms with Gasteiger partial charge in [-0.3, -0.25) is 4.79 Å². The molecule has 0 N–H and O–H groups in total. The highest BCUT2D eigenvalue weighted by molar-refractivity contribution is 5.78. The molecule has 1 rings (SSSR count). The standard InChI is InChI=1S/C16H30O2/c1-3-5-7-9-11-13-15-14(16(17)18-15)12-10-8-6-4-2/h14-15H,3-13H2,1-2H3/t14-,15+/m0/s1. The summed E-state index contributed by atoms with van der Waals surface area (Å²) in [6.07, 6.45) is 13.9. The highest BCUT2D eigenvalue weighted by atomic mass is 16.6. The van der Waals surface area contributed by atoms with E-state index in [-0.39, 0.29) is 18.0 Å². The van der Waals surface area contributed by atoms with E-state index in [1.165, 1.54) is 57.8 Å². The Hall–Kier alpha value is -0.530. The van der Waals surface area contributed by atoms with Gasteiger partial charge >= 0.3 is 5.97 Å². The molecule has 1 aliphatic heterocycles. The predicted octanol–water partition coefficient (Wildman–Crippen LogP) is 4.86. The SMILES string of the molecule is CCCCCCC[C@H]1OC(=O)[C@H]1CCCCCC. The van der Waals surface area contributed by atoms with Gasteiger partial charge in [-0.05, 0) is 19.3 Å². The van der Waals surface area contributed by atoms with Gasteiger partial charge in [-0.15, -0.1) is 0 Å². The van der Waals surface area contributed by atoms with Gasteiger partial charge in [-0.25, -0.2) is 0 Å². The van der Waals surface area contributed by atoms with E-state index >= 15 is 0 Å². The van der Waals surface area contributed by atoms with E-state index < -0.39 is 0 Å². The maximum Gasteiger partial charge on any atom is 0.313 e. The molecule has 0 bridgehead atoms. The van der Waals surface area contributed by atoms with Crippen LogP contribution >= 0.6 is 0 Å². The summed E-state index contributed by atoms with van der Waals surface area (Å²) in [4.78, 5) is 11.4. The first-order valence-corrected chi connectivity index (χ1v) is 8.00. The minimum Gasteiger partial charge on any atom is -0.461 e.